The summed E-state index contributed by atoms with van der Waals surface area (Å²) in [5.74, 6) is 1.57. The summed E-state index contributed by atoms with van der Waals surface area (Å²) in [6, 6.07) is 10.7. The molecule has 0 radical (unpaired) electrons. The number of aromatic nitrogens is 1. The summed E-state index contributed by atoms with van der Waals surface area (Å²) >= 11 is 0. The maximum Gasteiger partial charge on any atom is 0.191 e. The van der Waals surface area contributed by atoms with Crippen LogP contribution in [0.5, 0.6) is 0 Å². The third-order valence-electron chi connectivity index (χ3n) is 3.95. The zero-order valence-corrected chi connectivity index (χ0v) is 17.4. The van der Waals surface area contributed by atoms with Gasteiger partial charge in [0.2, 0.25) is 0 Å². The van der Waals surface area contributed by atoms with Gasteiger partial charge in [-0.05, 0) is 37.3 Å². The van der Waals surface area contributed by atoms with Crippen molar-refractivity contribution in [3.05, 3.63) is 42.1 Å². The smallest absolute Gasteiger partial charge is 0.191 e. The van der Waals surface area contributed by atoms with E-state index in [0.29, 0.717) is 12.6 Å². The third kappa shape index (κ3) is 6.26. The van der Waals surface area contributed by atoms with E-state index in [2.05, 4.69) is 65.6 Å². The standard InChI is InChI=1S/C19H28N4.HI/c1-14(2)10-11-15(3)23-19(20-4)22-13-17-8-5-7-16-9-6-12-21-18(16)17;/h5-9,12,14-15H,10-11,13H2,1-4H3,(H2,20,22,23);1H. The molecule has 0 saturated heterocycles. The predicted octanol–water partition coefficient (Wildman–Crippen LogP) is 4.34. The van der Waals surface area contributed by atoms with Crippen LogP contribution in [0.2, 0.25) is 0 Å². The van der Waals surface area contributed by atoms with Crippen LogP contribution in [0, 0.1) is 5.92 Å². The van der Waals surface area contributed by atoms with Gasteiger partial charge >= 0.3 is 0 Å². The van der Waals surface area contributed by atoms with Gasteiger partial charge in [0, 0.05) is 31.2 Å². The van der Waals surface area contributed by atoms with Crippen LogP contribution in [0.15, 0.2) is 41.5 Å². The average molecular weight is 440 g/mol. The zero-order chi connectivity index (χ0) is 16.7. The summed E-state index contributed by atoms with van der Waals surface area (Å²) in [5.41, 5.74) is 2.23. The van der Waals surface area contributed by atoms with Crippen molar-refractivity contribution >= 4 is 40.8 Å². The highest BCUT2D eigenvalue weighted by Gasteiger charge is 2.07. The van der Waals surface area contributed by atoms with Crippen molar-refractivity contribution in [1.29, 1.82) is 0 Å². The first-order valence-electron chi connectivity index (χ1n) is 8.40. The molecule has 1 aromatic heterocycles. The van der Waals surface area contributed by atoms with Gasteiger partial charge in [0.15, 0.2) is 5.96 Å². The van der Waals surface area contributed by atoms with Crippen molar-refractivity contribution in [3.63, 3.8) is 0 Å². The second-order valence-corrected chi connectivity index (χ2v) is 6.43. The molecule has 132 valence electrons. The first-order chi connectivity index (χ1) is 11.1. The molecule has 0 fully saturated rings. The highest BCUT2D eigenvalue weighted by Crippen LogP contribution is 2.15. The summed E-state index contributed by atoms with van der Waals surface area (Å²) in [7, 11) is 1.81. The molecular formula is C19H29IN4. The normalized spacial score (nSPS) is 12.8. The van der Waals surface area contributed by atoms with Crippen molar-refractivity contribution in [2.45, 2.75) is 46.2 Å². The van der Waals surface area contributed by atoms with E-state index in [9.17, 15) is 0 Å². The first kappa shape index (κ1) is 20.7. The number of rotatable bonds is 6. The van der Waals surface area contributed by atoms with Crippen molar-refractivity contribution in [2.75, 3.05) is 7.05 Å². The third-order valence-corrected chi connectivity index (χ3v) is 3.95. The Balaban J connectivity index is 0.00000288. The van der Waals surface area contributed by atoms with Crippen LogP contribution in [0.3, 0.4) is 0 Å². The number of guanidine groups is 1. The second kappa shape index (κ2) is 10.5. The van der Waals surface area contributed by atoms with Crippen LogP contribution in [0.4, 0.5) is 0 Å². The molecule has 0 aliphatic carbocycles. The Morgan fingerprint density at radius 1 is 1.12 bits per heavy atom. The van der Waals surface area contributed by atoms with Crippen LogP contribution in [-0.2, 0) is 6.54 Å². The summed E-state index contributed by atoms with van der Waals surface area (Å²) in [5, 5.41) is 8.02. The van der Waals surface area contributed by atoms with Gasteiger partial charge in [-0.25, -0.2) is 0 Å². The molecule has 0 aliphatic heterocycles. The number of nitrogens with one attached hydrogen (secondary N) is 2. The average Bonchev–Trinajstić information content (AvgIpc) is 2.56. The van der Waals surface area contributed by atoms with E-state index in [1.165, 1.54) is 17.4 Å². The van der Waals surface area contributed by atoms with Crippen LogP contribution < -0.4 is 10.6 Å². The molecule has 4 nitrogen and oxygen atoms in total. The van der Waals surface area contributed by atoms with Gasteiger partial charge in [0.25, 0.3) is 0 Å². The van der Waals surface area contributed by atoms with Crippen LogP contribution in [0.25, 0.3) is 10.9 Å². The van der Waals surface area contributed by atoms with E-state index in [0.717, 1.165) is 23.8 Å². The quantitative estimate of drug-likeness (QED) is 0.399. The molecular weight excluding hydrogens is 411 g/mol. The molecule has 0 spiro atoms. The van der Waals surface area contributed by atoms with E-state index in [4.69, 9.17) is 0 Å². The van der Waals surface area contributed by atoms with Crippen LogP contribution >= 0.6 is 24.0 Å². The molecule has 2 rings (SSSR count). The summed E-state index contributed by atoms with van der Waals surface area (Å²) < 4.78 is 0. The highest BCUT2D eigenvalue weighted by atomic mass is 127. The lowest BCUT2D eigenvalue weighted by Crippen LogP contribution is -2.42. The van der Waals surface area contributed by atoms with Crippen molar-refractivity contribution in [2.24, 2.45) is 10.9 Å². The molecule has 1 unspecified atom stereocenters. The molecule has 0 amide bonds. The van der Waals surface area contributed by atoms with Crippen molar-refractivity contribution in [1.82, 2.24) is 15.6 Å². The minimum atomic E-state index is 0. The van der Waals surface area contributed by atoms with Crippen LogP contribution in [-0.4, -0.2) is 24.0 Å². The van der Waals surface area contributed by atoms with Gasteiger partial charge in [0.1, 0.15) is 0 Å². The Kier molecular flexibility index (Phi) is 9.03. The summed E-state index contributed by atoms with van der Waals surface area (Å²) in [4.78, 5) is 8.82. The lowest BCUT2D eigenvalue weighted by atomic mass is 10.0. The Hall–Kier alpha value is -1.37. The maximum absolute atomic E-state index is 4.49. The second-order valence-electron chi connectivity index (χ2n) is 6.43. The number of hydrogen-bond acceptors (Lipinski definition) is 2. The Labute approximate surface area is 162 Å². The number of hydrogen-bond donors (Lipinski definition) is 2. The molecule has 2 aromatic rings. The fraction of sp³-hybridized carbons (Fsp3) is 0.474. The number of aliphatic imine (C=N–C) groups is 1. The van der Waals surface area contributed by atoms with Crippen molar-refractivity contribution < 1.29 is 0 Å². The largest absolute Gasteiger partial charge is 0.354 e. The predicted molar refractivity (Wildman–Crippen MR) is 114 cm³/mol. The minimum absolute atomic E-state index is 0. The van der Waals surface area contributed by atoms with Gasteiger partial charge in [-0.2, -0.15) is 0 Å². The number of halogens is 1. The van der Waals surface area contributed by atoms with E-state index in [-0.39, 0.29) is 24.0 Å². The van der Waals surface area contributed by atoms with E-state index in [1.807, 2.05) is 19.3 Å². The molecule has 24 heavy (non-hydrogen) atoms. The molecule has 1 aromatic carbocycles. The lowest BCUT2D eigenvalue weighted by Gasteiger charge is -2.19. The highest BCUT2D eigenvalue weighted by molar-refractivity contribution is 14.0. The van der Waals surface area contributed by atoms with Gasteiger partial charge in [0.05, 0.1) is 5.52 Å². The Morgan fingerprint density at radius 3 is 2.58 bits per heavy atom. The molecule has 5 heteroatoms. The Morgan fingerprint density at radius 2 is 1.88 bits per heavy atom. The molecule has 2 N–H and O–H groups in total. The van der Waals surface area contributed by atoms with Crippen molar-refractivity contribution in [3.8, 4) is 0 Å². The molecule has 0 saturated carbocycles. The summed E-state index contributed by atoms with van der Waals surface area (Å²) in [6.07, 6.45) is 4.21. The number of nitrogens with zero attached hydrogens (tertiary/aromatic N) is 2. The maximum atomic E-state index is 4.49. The zero-order valence-electron chi connectivity index (χ0n) is 15.0. The first-order valence-corrected chi connectivity index (χ1v) is 8.40. The number of pyridine rings is 1. The van der Waals surface area contributed by atoms with E-state index >= 15 is 0 Å². The monoisotopic (exact) mass is 440 g/mol. The topological polar surface area (TPSA) is 49.3 Å². The van der Waals surface area contributed by atoms with Gasteiger partial charge in [-0.1, -0.05) is 38.1 Å². The fourth-order valence-electron chi connectivity index (χ4n) is 2.57. The summed E-state index contributed by atoms with van der Waals surface area (Å²) in [6.45, 7) is 7.43. The molecule has 0 aliphatic rings. The molecule has 1 atom stereocenters. The number of para-hydroxylation sites is 1. The fourth-order valence-corrected chi connectivity index (χ4v) is 2.57. The molecule has 1 heterocycles. The minimum Gasteiger partial charge on any atom is -0.354 e. The number of fused-ring (bicyclic) bond motifs is 1. The van der Waals surface area contributed by atoms with Gasteiger partial charge < -0.3 is 10.6 Å². The van der Waals surface area contributed by atoms with Crippen LogP contribution in [0.1, 0.15) is 39.2 Å². The Bertz CT molecular complexity index is 649. The SMILES string of the molecule is CN=C(NCc1cccc2cccnc12)NC(C)CCC(C)C.I. The van der Waals surface area contributed by atoms with E-state index < -0.39 is 0 Å². The lowest BCUT2D eigenvalue weighted by molar-refractivity contribution is 0.489. The van der Waals surface area contributed by atoms with E-state index in [1.54, 1.807) is 0 Å². The molecule has 0 bridgehead atoms. The number of benzene rings is 1. The van der Waals surface area contributed by atoms with Gasteiger partial charge in [-0.15, -0.1) is 24.0 Å². The van der Waals surface area contributed by atoms with Gasteiger partial charge in [-0.3, -0.25) is 9.98 Å².